The van der Waals surface area contributed by atoms with Crippen LogP contribution in [0.1, 0.15) is 36.8 Å². The van der Waals surface area contributed by atoms with E-state index in [9.17, 15) is 0 Å². The molecule has 0 aliphatic heterocycles. The van der Waals surface area contributed by atoms with Crippen LogP contribution in [0.5, 0.6) is 0 Å². The molecule has 2 aromatic rings. The van der Waals surface area contributed by atoms with Crippen molar-refractivity contribution in [3.8, 4) is 0 Å². The molecular formula is C16H23N3S2. The number of aliphatic imine (C=N–C) groups is 1. The second kappa shape index (κ2) is 8.20. The van der Waals surface area contributed by atoms with Crippen molar-refractivity contribution >= 4 is 28.6 Å². The Morgan fingerprint density at radius 2 is 1.48 bits per heavy atom. The molecule has 5 heteroatoms. The Bertz CT molecular complexity index is 486. The third-order valence-corrected chi connectivity index (χ3v) is 5.00. The highest BCUT2D eigenvalue weighted by atomic mass is 32.1. The van der Waals surface area contributed by atoms with Crippen molar-refractivity contribution in [1.29, 1.82) is 0 Å². The Hall–Kier alpha value is -1.33. The topological polar surface area (TPSA) is 36.4 Å². The van der Waals surface area contributed by atoms with Crippen LogP contribution in [-0.2, 0) is 0 Å². The highest BCUT2D eigenvalue weighted by Crippen LogP contribution is 2.18. The van der Waals surface area contributed by atoms with Crippen LogP contribution in [0.4, 0.5) is 0 Å². The van der Waals surface area contributed by atoms with E-state index in [2.05, 4.69) is 63.1 Å². The van der Waals surface area contributed by atoms with E-state index in [0.717, 1.165) is 19.0 Å². The Kier molecular flexibility index (Phi) is 6.26. The Balaban J connectivity index is 1.76. The van der Waals surface area contributed by atoms with Gasteiger partial charge in [-0.2, -0.15) is 22.7 Å². The lowest BCUT2D eigenvalue weighted by molar-refractivity contribution is 0.673. The van der Waals surface area contributed by atoms with Gasteiger partial charge in [0, 0.05) is 20.1 Å². The zero-order chi connectivity index (χ0) is 15.1. The minimum absolute atomic E-state index is 0.490. The van der Waals surface area contributed by atoms with Crippen molar-refractivity contribution < 1.29 is 0 Å². The van der Waals surface area contributed by atoms with Crippen LogP contribution in [0.25, 0.3) is 0 Å². The van der Waals surface area contributed by atoms with Crippen molar-refractivity contribution in [3.63, 3.8) is 0 Å². The fourth-order valence-corrected chi connectivity index (χ4v) is 3.63. The summed E-state index contributed by atoms with van der Waals surface area (Å²) in [6, 6.07) is 4.37. The highest BCUT2D eigenvalue weighted by molar-refractivity contribution is 7.08. The first-order chi connectivity index (χ1) is 10.2. The van der Waals surface area contributed by atoms with E-state index < -0.39 is 0 Å². The number of rotatable bonds is 6. The summed E-state index contributed by atoms with van der Waals surface area (Å²) in [6.07, 6.45) is 0. The van der Waals surface area contributed by atoms with Crippen molar-refractivity contribution in [3.05, 3.63) is 44.8 Å². The zero-order valence-corrected chi connectivity index (χ0v) is 14.4. The molecule has 0 radical (unpaired) electrons. The van der Waals surface area contributed by atoms with E-state index in [4.69, 9.17) is 0 Å². The van der Waals surface area contributed by atoms with Crippen LogP contribution < -0.4 is 10.6 Å². The molecule has 2 atom stereocenters. The van der Waals surface area contributed by atoms with Gasteiger partial charge in [-0.15, -0.1) is 0 Å². The van der Waals surface area contributed by atoms with Gasteiger partial charge in [0.25, 0.3) is 0 Å². The van der Waals surface area contributed by atoms with E-state index in [1.807, 2.05) is 7.05 Å². The molecule has 2 unspecified atom stereocenters. The summed E-state index contributed by atoms with van der Waals surface area (Å²) < 4.78 is 0. The SMILES string of the molecule is CN=C(NCC(C)c1ccsc1)NCC(C)c1ccsc1. The number of hydrogen-bond acceptors (Lipinski definition) is 3. The van der Waals surface area contributed by atoms with Gasteiger partial charge in [-0.1, -0.05) is 13.8 Å². The predicted molar refractivity (Wildman–Crippen MR) is 94.8 cm³/mol. The third kappa shape index (κ3) is 4.86. The van der Waals surface area contributed by atoms with E-state index >= 15 is 0 Å². The number of hydrogen-bond donors (Lipinski definition) is 2. The van der Waals surface area contributed by atoms with E-state index in [-0.39, 0.29) is 0 Å². The molecule has 114 valence electrons. The molecule has 0 saturated heterocycles. The molecule has 0 fully saturated rings. The lowest BCUT2D eigenvalue weighted by Crippen LogP contribution is -2.40. The van der Waals surface area contributed by atoms with Crippen LogP contribution in [0.15, 0.2) is 38.6 Å². The van der Waals surface area contributed by atoms with Gasteiger partial charge in [0.15, 0.2) is 5.96 Å². The van der Waals surface area contributed by atoms with Crippen LogP contribution in [0.2, 0.25) is 0 Å². The summed E-state index contributed by atoms with van der Waals surface area (Å²) in [5.74, 6) is 1.85. The molecule has 0 bridgehead atoms. The molecule has 2 N–H and O–H groups in total. The quantitative estimate of drug-likeness (QED) is 0.626. The van der Waals surface area contributed by atoms with Gasteiger partial charge >= 0.3 is 0 Å². The van der Waals surface area contributed by atoms with Crippen LogP contribution in [0, 0.1) is 0 Å². The molecule has 0 spiro atoms. The molecule has 0 saturated carbocycles. The summed E-state index contributed by atoms with van der Waals surface area (Å²) in [5, 5.41) is 15.5. The largest absolute Gasteiger partial charge is 0.356 e. The normalized spacial score (nSPS) is 13.5. The van der Waals surface area contributed by atoms with Gasteiger partial charge in [0.1, 0.15) is 0 Å². The van der Waals surface area contributed by atoms with Gasteiger partial charge in [-0.25, -0.2) is 0 Å². The van der Waals surface area contributed by atoms with Crippen molar-refractivity contribution in [2.75, 3.05) is 20.1 Å². The van der Waals surface area contributed by atoms with Crippen LogP contribution >= 0.6 is 22.7 Å². The molecule has 2 heterocycles. The maximum absolute atomic E-state index is 4.29. The second-order valence-corrected chi connectivity index (χ2v) is 6.81. The zero-order valence-electron chi connectivity index (χ0n) is 12.8. The van der Waals surface area contributed by atoms with Crippen LogP contribution in [-0.4, -0.2) is 26.1 Å². The molecular weight excluding hydrogens is 298 g/mol. The van der Waals surface area contributed by atoms with Gasteiger partial charge < -0.3 is 10.6 Å². The average molecular weight is 322 g/mol. The minimum atomic E-state index is 0.490. The molecule has 2 aromatic heterocycles. The maximum Gasteiger partial charge on any atom is 0.191 e. The lowest BCUT2D eigenvalue weighted by atomic mass is 10.1. The Labute approximate surface area is 135 Å². The number of guanidine groups is 1. The smallest absolute Gasteiger partial charge is 0.191 e. The third-order valence-electron chi connectivity index (χ3n) is 3.60. The fourth-order valence-electron chi connectivity index (χ4n) is 2.07. The number of thiophene rings is 2. The first-order valence-electron chi connectivity index (χ1n) is 7.19. The van der Waals surface area contributed by atoms with Crippen molar-refractivity contribution in [2.24, 2.45) is 4.99 Å². The molecule has 2 rings (SSSR count). The lowest BCUT2D eigenvalue weighted by Gasteiger charge is -2.17. The fraction of sp³-hybridized carbons (Fsp3) is 0.438. The van der Waals surface area contributed by atoms with Crippen LogP contribution in [0.3, 0.4) is 0 Å². The van der Waals surface area contributed by atoms with Crippen molar-refractivity contribution in [1.82, 2.24) is 10.6 Å². The molecule has 3 nitrogen and oxygen atoms in total. The summed E-state index contributed by atoms with van der Waals surface area (Å²) in [6.45, 7) is 6.25. The standard InChI is InChI=1S/C16H23N3S2/c1-12(14-4-6-20-10-14)8-18-16(17-3)19-9-13(2)15-5-7-21-11-15/h4-7,10-13H,8-9H2,1-3H3,(H2,17,18,19). The van der Waals surface area contributed by atoms with E-state index in [1.54, 1.807) is 22.7 Å². The van der Waals surface area contributed by atoms with Gasteiger partial charge in [-0.05, 0) is 56.6 Å². The van der Waals surface area contributed by atoms with Gasteiger partial charge in [-0.3, -0.25) is 4.99 Å². The minimum Gasteiger partial charge on any atom is -0.356 e. The maximum atomic E-state index is 4.29. The first kappa shape index (κ1) is 16.0. The molecule has 0 amide bonds. The van der Waals surface area contributed by atoms with E-state index in [1.165, 1.54) is 11.1 Å². The summed E-state index contributed by atoms with van der Waals surface area (Å²) in [4.78, 5) is 4.29. The predicted octanol–water partition coefficient (Wildman–Crippen LogP) is 3.88. The number of nitrogens with zero attached hydrogens (tertiary/aromatic N) is 1. The van der Waals surface area contributed by atoms with Gasteiger partial charge in [0.2, 0.25) is 0 Å². The van der Waals surface area contributed by atoms with Crippen molar-refractivity contribution in [2.45, 2.75) is 25.7 Å². The van der Waals surface area contributed by atoms with E-state index in [0.29, 0.717) is 11.8 Å². The summed E-state index contributed by atoms with van der Waals surface area (Å²) in [7, 11) is 1.82. The van der Waals surface area contributed by atoms with Gasteiger partial charge in [0.05, 0.1) is 0 Å². The summed E-state index contributed by atoms with van der Waals surface area (Å²) in [5.41, 5.74) is 2.77. The Morgan fingerprint density at radius 1 is 1.00 bits per heavy atom. The Morgan fingerprint density at radius 3 is 1.81 bits per heavy atom. The summed E-state index contributed by atoms with van der Waals surface area (Å²) >= 11 is 3.50. The number of nitrogens with one attached hydrogen (secondary N) is 2. The molecule has 0 aromatic carbocycles. The monoisotopic (exact) mass is 321 g/mol. The highest BCUT2D eigenvalue weighted by Gasteiger charge is 2.09. The second-order valence-electron chi connectivity index (χ2n) is 5.25. The first-order valence-corrected chi connectivity index (χ1v) is 9.08. The average Bonchev–Trinajstić information content (AvgIpc) is 3.19. The molecule has 0 aliphatic rings. The molecule has 0 aliphatic carbocycles. The molecule has 21 heavy (non-hydrogen) atoms.